The van der Waals surface area contributed by atoms with Crippen molar-refractivity contribution in [2.24, 2.45) is 0 Å². The molecular weight excluding hydrogens is 379 g/mol. The van der Waals surface area contributed by atoms with Crippen LogP contribution in [0.3, 0.4) is 0 Å². The highest BCUT2D eigenvalue weighted by Gasteiger charge is 2.38. The van der Waals surface area contributed by atoms with Crippen LogP contribution in [0.4, 0.5) is 4.39 Å². The quantitative estimate of drug-likeness (QED) is 0.382. The van der Waals surface area contributed by atoms with Crippen LogP contribution < -0.4 is 4.74 Å². The summed E-state index contributed by atoms with van der Waals surface area (Å²) in [6, 6.07) is 4.21. The summed E-state index contributed by atoms with van der Waals surface area (Å²) in [6.45, 7) is 15.0. The zero-order valence-electron chi connectivity index (χ0n) is 19.4. The van der Waals surface area contributed by atoms with E-state index >= 15 is 4.39 Å². The van der Waals surface area contributed by atoms with Crippen LogP contribution in [0.5, 0.6) is 5.75 Å². The Balaban J connectivity index is 2.62. The van der Waals surface area contributed by atoms with Gasteiger partial charge in [0.15, 0.2) is 0 Å². The van der Waals surface area contributed by atoms with Crippen molar-refractivity contribution in [2.45, 2.75) is 78.6 Å². The van der Waals surface area contributed by atoms with E-state index in [9.17, 15) is 4.79 Å². The minimum absolute atomic E-state index is 0.0102. The highest BCUT2D eigenvalue weighted by atomic mass is 19.1. The number of hydrogen-bond donors (Lipinski definition) is 1. The summed E-state index contributed by atoms with van der Waals surface area (Å²) >= 11 is 0. The molecule has 0 atom stereocenters. The number of halogens is 1. The van der Waals surface area contributed by atoms with Crippen molar-refractivity contribution in [3.05, 3.63) is 58.5 Å². The smallest absolute Gasteiger partial charge is 0.328 e. The first-order valence-corrected chi connectivity index (χ1v) is 10.7. The van der Waals surface area contributed by atoms with Crippen LogP contribution in [0, 0.1) is 0 Å². The van der Waals surface area contributed by atoms with E-state index in [-0.39, 0.29) is 10.8 Å². The van der Waals surface area contributed by atoms with Gasteiger partial charge in [-0.3, -0.25) is 0 Å². The maximum Gasteiger partial charge on any atom is 0.328 e. The van der Waals surface area contributed by atoms with Crippen LogP contribution in [0.15, 0.2) is 41.8 Å². The molecule has 1 aromatic carbocycles. The minimum atomic E-state index is -1.05. The topological polar surface area (TPSA) is 46.5 Å². The molecule has 0 amide bonds. The second-order valence-electron chi connectivity index (χ2n) is 9.54. The van der Waals surface area contributed by atoms with Gasteiger partial charge >= 0.3 is 5.97 Å². The van der Waals surface area contributed by atoms with Crippen molar-refractivity contribution in [1.29, 1.82) is 0 Å². The van der Waals surface area contributed by atoms with Crippen molar-refractivity contribution in [2.75, 3.05) is 6.61 Å². The molecule has 30 heavy (non-hydrogen) atoms. The molecule has 0 heterocycles. The minimum Gasteiger partial charge on any atom is -0.493 e. The molecule has 1 N–H and O–H groups in total. The molecule has 1 aliphatic carbocycles. The second-order valence-corrected chi connectivity index (χ2v) is 9.54. The van der Waals surface area contributed by atoms with E-state index in [1.165, 1.54) is 23.3 Å². The lowest BCUT2D eigenvalue weighted by Crippen LogP contribution is -2.34. The summed E-state index contributed by atoms with van der Waals surface area (Å²) in [7, 11) is 0. The summed E-state index contributed by atoms with van der Waals surface area (Å²) in [5.74, 6) is -0.740. The number of allylic oxidation sites excluding steroid dienone is 5. The normalized spacial score (nSPS) is 18.7. The molecule has 2 rings (SSSR count). The Kier molecular flexibility index (Phi) is 7.33. The number of aliphatic carboxylic acids is 1. The highest BCUT2D eigenvalue weighted by Crippen LogP contribution is 2.48. The molecule has 164 valence electrons. The number of fused-ring (bicyclic) bond motifs is 1. The predicted octanol–water partition coefficient (Wildman–Crippen LogP) is 7.11. The molecule has 4 heteroatoms. The predicted molar refractivity (Wildman–Crippen MR) is 122 cm³/mol. The number of carbonyl (C=O) groups is 1. The standard InChI is InChI=1S/C26H35FO3/c1-8-13-30-23-16-21-20(25(4,5)11-12-26(21,6)7)15-19(23)18(3)22(27)10-9-17(2)14-24(28)29/h9-10,14-16H,8,11-13H2,1-7H3,(H,28,29)/b10-9?,17-14+,22-18?. The van der Waals surface area contributed by atoms with Crippen LogP contribution in [0.2, 0.25) is 0 Å². The number of carboxylic acid groups (broad SMARTS) is 1. The van der Waals surface area contributed by atoms with E-state index in [0.717, 1.165) is 30.9 Å². The highest BCUT2D eigenvalue weighted by molar-refractivity contribution is 5.81. The number of carboxylic acids is 1. The fourth-order valence-electron chi connectivity index (χ4n) is 3.92. The summed E-state index contributed by atoms with van der Waals surface area (Å²) in [5, 5.41) is 8.83. The molecule has 0 spiro atoms. The maximum absolute atomic E-state index is 15.0. The summed E-state index contributed by atoms with van der Waals surface area (Å²) in [6.07, 6.45) is 6.90. The molecule has 0 saturated heterocycles. The molecule has 0 saturated carbocycles. The van der Waals surface area contributed by atoms with E-state index in [1.54, 1.807) is 13.8 Å². The van der Waals surface area contributed by atoms with Crippen LogP contribution in [-0.4, -0.2) is 17.7 Å². The van der Waals surface area contributed by atoms with Gasteiger partial charge in [0.2, 0.25) is 0 Å². The van der Waals surface area contributed by atoms with Gasteiger partial charge in [0, 0.05) is 11.6 Å². The van der Waals surface area contributed by atoms with E-state index < -0.39 is 11.8 Å². The molecule has 1 aromatic rings. The van der Waals surface area contributed by atoms with E-state index in [1.807, 2.05) is 0 Å². The molecule has 1 aliphatic rings. The summed E-state index contributed by atoms with van der Waals surface area (Å²) < 4.78 is 21.1. The average Bonchev–Trinajstić information content (AvgIpc) is 2.66. The zero-order chi connectivity index (χ0) is 22.7. The van der Waals surface area contributed by atoms with Gasteiger partial charge in [0.05, 0.1) is 6.61 Å². The SMILES string of the molecule is CCCOc1cc2c(cc1C(C)=C(F)C=C/C(C)=C/C(=O)O)C(C)(C)CCC2(C)C. The first-order valence-electron chi connectivity index (χ1n) is 10.7. The van der Waals surface area contributed by atoms with Crippen molar-refractivity contribution in [3.8, 4) is 5.75 Å². The maximum atomic E-state index is 15.0. The number of rotatable bonds is 7. The Morgan fingerprint density at radius 2 is 1.67 bits per heavy atom. The Bertz CT molecular complexity index is 901. The fourth-order valence-corrected chi connectivity index (χ4v) is 3.92. The van der Waals surface area contributed by atoms with Crippen molar-refractivity contribution in [1.82, 2.24) is 0 Å². The summed E-state index contributed by atoms with van der Waals surface area (Å²) in [5.41, 5.74) is 4.30. The monoisotopic (exact) mass is 414 g/mol. The van der Waals surface area contributed by atoms with Gasteiger partial charge in [0.25, 0.3) is 0 Å². The third-order valence-corrected chi connectivity index (χ3v) is 6.02. The van der Waals surface area contributed by atoms with Crippen LogP contribution >= 0.6 is 0 Å². The largest absolute Gasteiger partial charge is 0.493 e. The fraction of sp³-hybridized carbons (Fsp3) is 0.500. The van der Waals surface area contributed by atoms with E-state index in [4.69, 9.17) is 9.84 Å². The second kappa shape index (κ2) is 9.20. The number of ether oxygens (including phenoxy) is 1. The lowest BCUT2D eigenvalue weighted by Gasteiger charge is -2.42. The molecule has 0 radical (unpaired) electrons. The third kappa shape index (κ3) is 5.41. The Morgan fingerprint density at radius 3 is 2.20 bits per heavy atom. The van der Waals surface area contributed by atoms with Gasteiger partial charge in [0.1, 0.15) is 11.6 Å². The van der Waals surface area contributed by atoms with Crippen LogP contribution in [-0.2, 0) is 15.6 Å². The Morgan fingerprint density at radius 1 is 1.10 bits per heavy atom. The number of hydrogen-bond acceptors (Lipinski definition) is 2. The third-order valence-electron chi connectivity index (χ3n) is 6.02. The van der Waals surface area contributed by atoms with Gasteiger partial charge in [-0.2, -0.15) is 0 Å². The van der Waals surface area contributed by atoms with Gasteiger partial charge in [-0.1, -0.05) is 40.7 Å². The van der Waals surface area contributed by atoms with Crippen molar-refractivity contribution < 1.29 is 19.0 Å². The van der Waals surface area contributed by atoms with E-state index in [2.05, 4.69) is 46.8 Å². The lowest BCUT2D eigenvalue weighted by molar-refractivity contribution is -0.131. The van der Waals surface area contributed by atoms with Crippen LogP contribution in [0.1, 0.15) is 84.4 Å². The lowest BCUT2D eigenvalue weighted by atomic mass is 9.62. The Labute approximate surface area is 180 Å². The first-order chi connectivity index (χ1) is 13.9. The number of benzene rings is 1. The molecule has 0 unspecified atom stereocenters. The molecule has 0 aromatic heterocycles. The van der Waals surface area contributed by atoms with Gasteiger partial charge in [-0.05, 0) is 84.4 Å². The molecule has 0 aliphatic heterocycles. The molecule has 0 bridgehead atoms. The van der Waals surface area contributed by atoms with Crippen molar-refractivity contribution >= 4 is 11.5 Å². The van der Waals surface area contributed by atoms with E-state index in [0.29, 0.717) is 23.5 Å². The average molecular weight is 415 g/mol. The first kappa shape index (κ1) is 23.9. The van der Waals surface area contributed by atoms with Gasteiger partial charge in [-0.15, -0.1) is 0 Å². The van der Waals surface area contributed by atoms with Gasteiger partial charge < -0.3 is 9.84 Å². The van der Waals surface area contributed by atoms with Crippen molar-refractivity contribution in [3.63, 3.8) is 0 Å². The molecular formula is C26H35FO3. The molecule has 3 nitrogen and oxygen atoms in total. The molecule has 0 fully saturated rings. The zero-order valence-corrected chi connectivity index (χ0v) is 19.4. The van der Waals surface area contributed by atoms with Crippen LogP contribution in [0.25, 0.3) is 5.57 Å². The summed E-state index contributed by atoms with van der Waals surface area (Å²) in [4.78, 5) is 10.8. The Hall–Kier alpha value is -2.36. The van der Waals surface area contributed by atoms with Gasteiger partial charge in [-0.25, -0.2) is 9.18 Å².